The second-order valence-corrected chi connectivity index (χ2v) is 4.54. The molecule has 2 unspecified atom stereocenters. The summed E-state index contributed by atoms with van der Waals surface area (Å²) in [4.78, 5) is 0. The average molecular weight is 233 g/mol. The summed E-state index contributed by atoms with van der Waals surface area (Å²) in [6, 6.07) is 0. The zero-order chi connectivity index (χ0) is 12.4. The third-order valence-electron chi connectivity index (χ3n) is 2.85. The van der Waals surface area contributed by atoms with Gasteiger partial charge in [0.25, 0.3) is 0 Å². The number of aliphatic hydroxyl groups is 2. The third kappa shape index (κ3) is 7.17. The van der Waals surface area contributed by atoms with E-state index in [-0.39, 0.29) is 12.1 Å². The predicted octanol–water partition coefficient (Wildman–Crippen LogP) is 0.915. The molecule has 2 atom stereocenters. The summed E-state index contributed by atoms with van der Waals surface area (Å²) in [6.45, 7) is 7.65. The van der Waals surface area contributed by atoms with Crippen LogP contribution in [0.4, 0.5) is 0 Å². The summed E-state index contributed by atoms with van der Waals surface area (Å²) in [5.74, 6) is 0. The lowest BCUT2D eigenvalue weighted by atomic mass is 10.0. The topological polar surface area (TPSA) is 61.7 Å². The first kappa shape index (κ1) is 15.8. The maximum Gasteiger partial charge on any atom is 0.0897 e. The van der Waals surface area contributed by atoms with E-state index in [1.807, 2.05) is 13.8 Å². The van der Waals surface area contributed by atoms with Gasteiger partial charge >= 0.3 is 0 Å². The molecule has 0 bridgehead atoms. The molecule has 0 radical (unpaired) electrons. The van der Waals surface area contributed by atoms with Crippen LogP contribution in [0.5, 0.6) is 0 Å². The van der Waals surface area contributed by atoms with E-state index in [2.05, 4.69) is 12.2 Å². The fourth-order valence-electron chi connectivity index (χ4n) is 1.18. The fraction of sp³-hybridized carbons (Fsp3) is 1.00. The van der Waals surface area contributed by atoms with Crippen LogP contribution >= 0.6 is 0 Å². The summed E-state index contributed by atoms with van der Waals surface area (Å²) in [5, 5.41) is 22.0. The predicted molar refractivity (Wildman–Crippen MR) is 65.5 cm³/mol. The van der Waals surface area contributed by atoms with Crippen molar-refractivity contribution >= 4 is 0 Å². The maximum absolute atomic E-state index is 9.63. The normalized spacial score (nSPS) is 17.1. The Bertz CT molecular complexity index is 160. The van der Waals surface area contributed by atoms with E-state index >= 15 is 0 Å². The van der Waals surface area contributed by atoms with Crippen molar-refractivity contribution in [3.63, 3.8) is 0 Å². The molecule has 0 aromatic rings. The molecule has 4 heteroatoms. The zero-order valence-corrected chi connectivity index (χ0v) is 10.8. The second kappa shape index (κ2) is 8.93. The highest BCUT2D eigenvalue weighted by atomic mass is 16.5. The highest BCUT2D eigenvalue weighted by Gasteiger charge is 2.20. The lowest BCUT2D eigenvalue weighted by molar-refractivity contribution is 0.0290. The van der Waals surface area contributed by atoms with Crippen molar-refractivity contribution in [2.24, 2.45) is 0 Å². The zero-order valence-electron chi connectivity index (χ0n) is 10.8. The molecule has 0 aliphatic heterocycles. The van der Waals surface area contributed by atoms with Crippen molar-refractivity contribution in [2.45, 2.75) is 51.7 Å². The number of aliphatic hydroxyl groups excluding tert-OH is 2. The van der Waals surface area contributed by atoms with Gasteiger partial charge in [0.1, 0.15) is 0 Å². The van der Waals surface area contributed by atoms with Gasteiger partial charge in [-0.05, 0) is 19.8 Å². The molecule has 0 aromatic heterocycles. The summed E-state index contributed by atoms with van der Waals surface area (Å²) in [5.41, 5.74) is -0.301. The Morgan fingerprint density at radius 3 is 2.56 bits per heavy atom. The second-order valence-electron chi connectivity index (χ2n) is 4.54. The first-order valence-corrected chi connectivity index (χ1v) is 6.19. The molecular formula is C12H27NO3. The molecule has 0 saturated heterocycles. The first-order valence-electron chi connectivity index (χ1n) is 6.19. The molecule has 0 aliphatic rings. The van der Waals surface area contributed by atoms with Gasteiger partial charge in [-0.2, -0.15) is 0 Å². The molecule has 3 N–H and O–H groups in total. The van der Waals surface area contributed by atoms with Crippen molar-refractivity contribution in [1.82, 2.24) is 5.32 Å². The van der Waals surface area contributed by atoms with Crippen molar-refractivity contribution in [3.05, 3.63) is 0 Å². The summed E-state index contributed by atoms with van der Waals surface area (Å²) in [7, 11) is 0. The van der Waals surface area contributed by atoms with Gasteiger partial charge < -0.3 is 20.3 Å². The molecule has 0 rings (SSSR count). The van der Waals surface area contributed by atoms with Gasteiger partial charge in [0.15, 0.2) is 0 Å². The molecule has 0 aliphatic carbocycles. The standard InChI is InChI=1S/C12H27NO3/c1-4-6-7-16-9-11(15)8-13-12(3,5-2)10-14/h11,13-15H,4-10H2,1-3H3. The molecule has 4 nitrogen and oxygen atoms in total. The summed E-state index contributed by atoms with van der Waals surface area (Å²) < 4.78 is 5.32. The minimum Gasteiger partial charge on any atom is -0.394 e. The Balaban J connectivity index is 3.59. The molecule has 98 valence electrons. The largest absolute Gasteiger partial charge is 0.394 e. The highest BCUT2D eigenvalue weighted by molar-refractivity contribution is 4.81. The maximum atomic E-state index is 9.63. The van der Waals surface area contributed by atoms with Crippen LogP contribution in [0.15, 0.2) is 0 Å². The lowest BCUT2D eigenvalue weighted by Gasteiger charge is -2.28. The van der Waals surface area contributed by atoms with Crippen LogP contribution in [0.3, 0.4) is 0 Å². The fourth-order valence-corrected chi connectivity index (χ4v) is 1.18. The van der Waals surface area contributed by atoms with Gasteiger partial charge in [-0.1, -0.05) is 20.3 Å². The molecule has 0 spiro atoms. The molecule has 0 aromatic carbocycles. The van der Waals surface area contributed by atoms with Gasteiger partial charge in [0, 0.05) is 18.7 Å². The average Bonchev–Trinajstić information content (AvgIpc) is 2.31. The minimum absolute atomic E-state index is 0.0763. The lowest BCUT2D eigenvalue weighted by Crippen LogP contribution is -2.48. The molecular weight excluding hydrogens is 206 g/mol. The summed E-state index contributed by atoms with van der Waals surface area (Å²) >= 11 is 0. The van der Waals surface area contributed by atoms with E-state index in [9.17, 15) is 5.11 Å². The highest BCUT2D eigenvalue weighted by Crippen LogP contribution is 2.07. The number of rotatable bonds is 10. The number of β-amino-alcohol motifs (C(OH)–C–C–N with tert-alkyl or cyclic N) is 1. The monoisotopic (exact) mass is 233 g/mol. The quantitative estimate of drug-likeness (QED) is 0.491. The number of unbranched alkanes of at least 4 members (excludes halogenated alkanes) is 1. The number of hydrogen-bond acceptors (Lipinski definition) is 4. The SMILES string of the molecule is CCCCOCC(O)CNC(C)(CC)CO. The number of nitrogens with one attached hydrogen (secondary N) is 1. The Morgan fingerprint density at radius 1 is 1.38 bits per heavy atom. The van der Waals surface area contributed by atoms with Crippen LogP contribution in [-0.4, -0.2) is 48.2 Å². The molecule has 0 heterocycles. The Morgan fingerprint density at radius 2 is 2.06 bits per heavy atom. The first-order chi connectivity index (χ1) is 7.58. The van der Waals surface area contributed by atoms with E-state index in [0.717, 1.165) is 19.3 Å². The molecule has 16 heavy (non-hydrogen) atoms. The van der Waals surface area contributed by atoms with E-state index in [4.69, 9.17) is 9.84 Å². The van der Waals surface area contributed by atoms with Crippen molar-refractivity contribution in [2.75, 3.05) is 26.4 Å². The van der Waals surface area contributed by atoms with Gasteiger partial charge in [-0.15, -0.1) is 0 Å². The summed E-state index contributed by atoms with van der Waals surface area (Å²) in [6.07, 6.45) is 2.46. The van der Waals surface area contributed by atoms with Crippen molar-refractivity contribution in [1.29, 1.82) is 0 Å². The smallest absolute Gasteiger partial charge is 0.0897 e. The van der Waals surface area contributed by atoms with Crippen LogP contribution in [0, 0.1) is 0 Å². The van der Waals surface area contributed by atoms with Crippen LogP contribution in [0.2, 0.25) is 0 Å². The van der Waals surface area contributed by atoms with E-state index in [1.54, 1.807) is 0 Å². The Labute approximate surface area is 99.0 Å². The molecule has 0 amide bonds. The van der Waals surface area contributed by atoms with Crippen molar-refractivity contribution < 1.29 is 14.9 Å². The number of hydrogen-bond donors (Lipinski definition) is 3. The van der Waals surface area contributed by atoms with Crippen LogP contribution in [0.1, 0.15) is 40.0 Å². The minimum atomic E-state index is -0.505. The van der Waals surface area contributed by atoms with Crippen LogP contribution in [0.25, 0.3) is 0 Å². The van der Waals surface area contributed by atoms with E-state index < -0.39 is 6.10 Å². The van der Waals surface area contributed by atoms with E-state index in [1.165, 1.54) is 0 Å². The Hall–Kier alpha value is -0.160. The van der Waals surface area contributed by atoms with E-state index in [0.29, 0.717) is 19.8 Å². The van der Waals surface area contributed by atoms with Crippen LogP contribution in [-0.2, 0) is 4.74 Å². The molecule has 0 fully saturated rings. The van der Waals surface area contributed by atoms with Gasteiger partial charge in [0.05, 0.1) is 19.3 Å². The third-order valence-corrected chi connectivity index (χ3v) is 2.85. The van der Waals surface area contributed by atoms with Gasteiger partial charge in [-0.3, -0.25) is 0 Å². The number of ether oxygens (including phenoxy) is 1. The van der Waals surface area contributed by atoms with Gasteiger partial charge in [0.2, 0.25) is 0 Å². The molecule has 0 saturated carbocycles. The Kier molecular flexibility index (Phi) is 8.84. The van der Waals surface area contributed by atoms with Crippen molar-refractivity contribution in [3.8, 4) is 0 Å². The van der Waals surface area contributed by atoms with Gasteiger partial charge in [-0.25, -0.2) is 0 Å². The van der Waals surface area contributed by atoms with Crippen LogP contribution < -0.4 is 5.32 Å².